The lowest BCUT2D eigenvalue weighted by Crippen LogP contribution is -2.34. The summed E-state index contributed by atoms with van der Waals surface area (Å²) in [7, 11) is 0. The average Bonchev–Trinajstić information content (AvgIpc) is 2.48. The van der Waals surface area contributed by atoms with Crippen LogP contribution in [-0.2, 0) is 6.42 Å². The van der Waals surface area contributed by atoms with Crippen molar-refractivity contribution in [3.05, 3.63) is 35.4 Å². The van der Waals surface area contributed by atoms with Crippen LogP contribution in [0.2, 0.25) is 0 Å². The molecule has 1 unspecified atom stereocenters. The Balaban J connectivity index is 1.84. The maximum atomic E-state index is 3.84. The SMILES string of the molecule is CCC1CCC(NC(C)c2ccc(CC(C)C)cc2)CC1. The van der Waals surface area contributed by atoms with Gasteiger partial charge in [0.25, 0.3) is 0 Å². The second kappa shape index (κ2) is 7.98. The third-order valence-electron chi connectivity index (χ3n) is 5.03. The van der Waals surface area contributed by atoms with Crippen LogP contribution in [0.15, 0.2) is 24.3 Å². The first kappa shape index (κ1) is 16.5. The highest BCUT2D eigenvalue weighted by Crippen LogP contribution is 2.28. The second-order valence-electron chi connectivity index (χ2n) is 7.35. The molecule has 1 saturated carbocycles. The summed E-state index contributed by atoms with van der Waals surface area (Å²) in [6.07, 6.45) is 8.08. The van der Waals surface area contributed by atoms with Gasteiger partial charge in [-0.2, -0.15) is 0 Å². The van der Waals surface area contributed by atoms with Crippen LogP contribution in [0.25, 0.3) is 0 Å². The molecule has 1 atom stereocenters. The quantitative estimate of drug-likeness (QED) is 0.728. The lowest BCUT2D eigenvalue weighted by atomic mass is 9.84. The van der Waals surface area contributed by atoms with Crippen LogP contribution in [0.5, 0.6) is 0 Å². The monoisotopic (exact) mass is 287 g/mol. The molecule has 1 nitrogen and oxygen atoms in total. The molecule has 0 radical (unpaired) electrons. The van der Waals surface area contributed by atoms with E-state index in [1.54, 1.807) is 0 Å². The van der Waals surface area contributed by atoms with E-state index in [1.165, 1.54) is 49.7 Å². The Labute approximate surface area is 131 Å². The van der Waals surface area contributed by atoms with Crippen molar-refractivity contribution in [1.82, 2.24) is 5.32 Å². The first-order valence-corrected chi connectivity index (χ1v) is 8.93. The van der Waals surface area contributed by atoms with Gasteiger partial charge in [0.2, 0.25) is 0 Å². The van der Waals surface area contributed by atoms with E-state index in [9.17, 15) is 0 Å². The molecule has 1 aromatic carbocycles. The van der Waals surface area contributed by atoms with E-state index < -0.39 is 0 Å². The third-order valence-corrected chi connectivity index (χ3v) is 5.03. The number of benzene rings is 1. The van der Waals surface area contributed by atoms with Gasteiger partial charge in [-0.25, -0.2) is 0 Å². The van der Waals surface area contributed by atoms with Gasteiger partial charge in [0.05, 0.1) is 0 Å². The molecule has 21 heavy (non-hydrogen) atoms. The highest BCUT2D eigenvalue weighted by molar-refractivity contribution is 5.25. The van der Waals surface area contributed by atoms with Gasteiger partial charge in [0, 0.05) is 12.1 Å². The van der Waals surface area contributed by atoms with E-state index in [-0.39, 0.29) is 0 Å². The van der Waals surface area contributed by atoms with Crippen molar-refractivity contribution in [3.63, 3.8) is 0 Å². The van der Waals surface area contributed by atoms with Gasteiger partial charge in [-0.15, -0.1) is 0 Å². The Hall–Kier alpha value is -0.820. The van der Waals surface area contributed by atoms with E-state index in [0.29, 0.717) is 6.04 Å². The molecule has 1 aromatic rings. The standard InChI is InChI=1S/C20H33N/c1-5-17-8-12-20(13-9-17)21-16(4)19-10-6-18(7-11-19)14-15(2)3/h6-7,10-11,15-17,20-21H,5,8-9,12-14H2,1-4H3. The molecular formula is C20H33N. The van der Waals surface area contributed by atoms with Crippen LogP contribution in [0.1, 0.15) is 77.0 Å². The van der Waals surface area contributed by atoms with Crippen molar-refractivity contribution in [1.29, 1.82) is 0 Å². The van der Waals surface area contributed by atoms with Gasteiger partial charge in [-0.05, 0) is 62.0 Å². The van der Waals surface area contributed by atoms with Crippen molar-refractivity contribution < 1.29 is 0 Å². The molecule has 1 N–H and O–H groups in total. The summed E-state index contributed by atoms with van der Waals surface area (Å²) >= 11 is 0. The van der Waals surface area contributed by atoms with Crippen molar-refractivity contribution in [2.75, 3.05) is 0 Å². The highest BCUT2D eigenvalue weighted by atomic mass is 14.9. The fraction of sp³-hybridized carbons (Fsp3) is 0.700. The number of hydrogen-bond acceptors (Lipinski definition) is 1. The molecule has 0 aromatic heterocycles. The molecule has 118 valence electrons. The zero-order chi connectivity index (χ0) is 15.2. The summed E-state index contributed by atoms with van der Waals surface area (Å²) in [6.45, 7) is 9.21. The molecule has 1 fully saturated rings. The predicted molar refractivity (Wildman–Crippen MR) is 92.6 cm³/mol. The number of hydrogen-bond donors (Lipinski definition) is 1. The maximum Gasteiger partial charge on any atom is 0.0294 e. The number of nitrogens with one attached hydrogen (secondary N) is 1. The fourth-order valence-electron chi connectivity index (χ4n) is 3.60. The highest BCUT2D eigenvalue weighted by Gasteiger charge is 2.21. The Morgan fingerprint density at radius 2 is 1.62 bits per heavy atom. The zero-order valence-corrected chi connectivity index (χ0v) is 14.4. The summed E-state index contributed by atoms with van der Waals surface area (Å²) in [5.74, 6) is 1.72. The van der Waals surface area contributed by atoms with Gasteiger partial charge in [-0.3, -0.25) is 0 Å². The fourth-order valence-corrected chi connectivity index (χ4v) is 3.60. The molecule has 1 aliphatic rings. The number of rotatable bonds is 6. The van der Waals surface area contributed by atoms with Crippen LogP contribution in [0.4, 0.5) is 0 Å². The third kappa shape index (κ3) is 5.14. The molecule has 2 rings (SSSR count). The molecular weight excluding hydrogens is 254 g/mol. The van der Waals surface area contributed by atoms with Crippen LogP contribution in [0.3, 0.4) is 0 Å². The Bertz CT molecular complexity index is 398. The van der Waals surface area contributed by atoms with E-state index in [2.05, 4.69) is 57.3 Å². The first-order chi connectivity index (χ1) is 10.1. The lowest BCUT2D eigenvalue weighted by Gasteiger charge is -2.31. The molecule has 1 aliphatic carbocycles. The van der Waals surface area contributed by atoms with Gasteiger partial charge in [0.1, 0.15) is 0 Å². The van der Waals surface area contributed by atoms with E-state index >= 15 is 0 Å². The minimum atomic E-state index is 0.473. The van der Waals surface area contributed by atoms with Gasteiger partial charge in [0.15, 0.2) is 0 Å². The molecule has 0 amide bonds. The zero-order valence-electron chi connectivity index (χ0n) is 14.4. The summed E-state index contributed by atoms with van der Waals surface area (Å²) in [6, 6.07) is 10.4. The predicted octanol–water partition coefficient (Wildman–Crippen LogP) is 5.50. The molecule has 1 heteroatoms. The van der Waals surface area contributed by atoms with Crippen LogP contribution < -0.4 is 5.32 Å². The Kier molecular flexibility index (Phi) is 6.29. The normalized spacial score (nSPS) is 24.2. The minimum absolute atomic E-state index is 0.473. The Morgan fingerprint density at radius 3 is 2.14 bits per heavy atom. The summed E-state index contributed by atoms with van der Waals surface area (Å²) in [5, 5.41) is 3.84. The van der Waals surface area contributed by atoms with Crippen molar-refractivity contribution >= 4 is 0 Å². The van der Waals surface area contributed by atoms with Crippen molar-refractivity contribution in [2.24, 2.45) is 11.8 Å². The van der Waals surface area contributed by atoms with E-state index in [0.717, 1.165) is 17.9 Å². The molecule has 0 spiro atoms. The minimum Gasteiger partial charge on any atom is -0.307 e. The summed E-state index contributed by atoms with van der Waals surface area (Å²) < 4.78 is 0. The van der Waals surface area contributed by atoms with Crippen molar-refractivity contribution in [2.45, 2.75) is 78.3 Å². The van der Waals surface area contributed by atoms with Crippen LogP contribution >= 0.6 is 0 Å². The largest absolute Gasteiger partial charge is 0.307 e. The molecule has 0 aliphatic heterocycles. The van der Waals surface area contributed by atoms with Crippen LogP contribution in [-0.4, -0.2) is 6.04 Å². The van der Waals surface area contributed by atoms with Gasteiger partial charge >= 0.3 is 0 Å². The topological polar surface area (TPSA) is 12.0 Å². The van der Waals surface area contributed by atoms with E-state index in [4.69, 9.17) is 0 Å². The van der Waals surface area contributed by atoms with Crippen molar-refractivity contribution in [3.8, 4) is 0 Å². The average molecular weight is 287 g/mol. The Morgan fingerprint density at radius 1 is 1.00 bits per heavy atom. The molecule has 0 saturated heterocycles. The van der Waals surface area contributed by atoms with Gasteiger partial charge < -0.3 is 5.32 Å². The first-order valence-electron chi connectivity index (χ1n) is 8.93. The van der Waals surface area contributed by atoms with Gasteiger partial charge in [-0.1, -0.05) is 51.5 Å². The van der Waals surface area contributed by atoms with E-state index in [1.807, 2.05) is 0 Å². The molecule has 0 heterocycles. The maximum absolute atomic E-state index is 3.84. The summed E-state index contributed by atoms with van der Waals surface area (Å²) in [4.78, 5) is 0. The molecule has 0 bridgehead atoms. The smallest absolute Gasteiger partial charge is 0.0294 e. The van der Waals surface area contributed by atoms with Crippen LogP contribution in [0, 0.1) is 11.8 Å². The summed E-state index contributed by atoms with van der Waals surface area (Å²) in [5.41, 5.74) is 2.89. The lowest BCUT2D eigenvalue weighted by molar-refractivity contribution is 0.273. The second-order valence-corrected chi connectivity index (χ2v) is 7.35.